The monoisotopic (exact) mass is 423 g/mol. The molecule has 0 aliphatic carbocycles. The van der Waals surface area contributed by atoms with Gasteiger partial charge in [-0.1, -0.05) is 19.1 Å². The van der Waals surface area contributed by atoms with Crippen LogP contribution in [-0.4, -0.2) is 19.7 Å². The molecule has 2 N–H and O–H groups in total. The van der Waals surface area contributed by atoms with Crippen molar-refractivity contribution in [2.45, 2.75) is 26.8 Å². The maximum Gasteiger partial charge on any atom is 0.220 e. The Morgan fingerprint density at radius 2 is 1.77 bits per heavy atom. The molecule has 2 heterocycles. The number of hydrogen-bond donors (Lipinski definition) is 1. The number of aromatic nitrogens is 4. The zero-order valence-corrected chi connectivity index (χ0v) is 17.0. The van der Waals surface area contributed by atoms with Crippen molar-refractivity contribution in [1.82, 2.24) is 19.7 Å². The highest BCUT2D eigenvalue weighted by molar-refractivity contribution is 5.84. The van der Waals surface area contributed by atoms with Gasteiger partial charge in [-0.05, 0) is 43.2 Å². The molecule has 0 spiro atoms. The molecule has 0 fully saturated rings. The number of nitrogens with two attached hydrogens (primary N) is 1. The van der Waals surface area contributed by atoms with Gasteiger partial charge in [0, 0.05) is 41.2 Å². The van der Waals surface area contributed by atoms with Crippen molar-refractivity contribution in [3.8, 4) is 33.6 Å². The third-order valence-corrected chi connectivity index (χ3v) is 5.10. The molecule has 4 aromatic rings. The summed E-state index contributed by atoms with van der Waals surface area (Å²) in [6.07, 6.45) is 3.79. The number of nitrogen functional groups attached to an aromatic ring is 1. The van der Waals surface area contributed by atoms with Crippen molar-refractivity contribution < 1.29 is 13.2 Å². The van der Waals surface area contributed by atoms with E-state index in [1.807, 2.05) is 13.8 Å². The predicted octanol–water partition coefficient (Wildman–Crippen LogP) is 5.26. The second-order valence-corrected chi connectivity index (χ2v) is 6.99. The van der Waals surface area contributed by atoms with E-state index in [9.17, 15) is 8.78 Å². The van der Waals surface area contributed by atoms with Crippen LogP contribution in [-0.2, 0) is 13.0 Å². The van der Waals surface area contributed by atoms with Gasteiger partial charge in [-0.3, -0.25) is 4.68 Å². The third-order valence-electron chi connectivity index (χ3n) is 5.10. The molecule has 0 radical (unpaired) electrons. The Balaban J connectivity index is 2.01. The van der Waals surface area contributed by atoms with Gasteiger partial charge in [0.2, 0.25) is 5.95 Å². The Morgan fingerprint density at radius 1 is 0.968 bits per heavy atom. The van der Waals surface area contributed by atoms with Gasteiger partial charge >= 0.3 is 0 Å². The number of rotatable bonds is 5. The zero-order chi connectivity index (χ0) is 22.1. The molecule has 2 aromatic heterocycles. The molecule has 4 rings (SSSR count). The summed E-state index contributed by atoms with van der Waals surface area (Å²) in [6, 6.07) is 7.81. The molecule has 0 aliphatic rings. The number of nitrogens with zero attached hydrogens (tertiary/aromatic N) is 4. The van der Waals surface area contributed by atoms with Crippen LogP contribution in [0.2, 0.25) is 0 Å². The number of halogens is 3. The average Bonchev–Trinajstić information content (AvgIpc) is 3.19. The Bertz CT molecular complexity index is 1270. The molecule has 0 amide bonds. The molecule has 0 atom stereocenters. The summed E-state index contributed by atoms with van der Waals surface area (Å²) < 4.78 is 45.8. The van der Waals surface area contributed by atoms with Gasteiger partial charge in [-0.25, -0.2) is 23.1 Å². The highest BCUT2D eigenvalue weighted by atomic mass is 19.1. The smallest absolute Gasteiger partial charge is 0.220 e. The molecule has 0 aliphatic heterocycles. The lowest BCUT2D eigenvalue weighted by Crippen LogP contribution is -2.01. The maximum absolute atomic E-state index is 15.9. The second-order valence-electron chi connectivity index (χ2n) is 6.99. The van der Waals surface area contributed by atoms with E-state index in [-0.39, 0.29) is 22.6 Å². The van der Waals surface area contributed by atoms with Crippen LogP contribution < -0.4 is 5.73 Å². The number of anilines is 1. The Morgan fingerprint density at radius 3 is 2.48 bits per heavy atom. The van der Waals surface area contributed by atoms with E-state index in [1.54, 1.807) is 23.0 Å². The molecular weight excluding hydrogens is 403 g/mol. The van der Waals surface area contributed by atoms with E-state index in [4.69, 9.17) is 5.73 Å². The SMILES string of the molecule is CCc1ccc(-c2cc(F)ccc2F)c(F)c1-c1nn(CC)cc1-c1ccnc(N)n1. The maximum atomic E-state index is 15.9. The minimum Gasteiger partial charge on any atom is -0.368 e. The normalized spacial score (nSPS) is 11.1. The molecule has 0 saturated carbocycles. The van der Waals surface area contributed by atoms with Crippen LogP contribution in [0.3, 0.4) is 0 Å². The van der Waals surface area contributed by atoms with Gasteiger partial charge in [0.25, 0.3) is 0 Å². The van der Waals surface area contributed by atoms with Crippen molar-refractivity contribution in [1.29, 1.82) is 0 Å². The quantitative estimate of drug-likeness (QED) is 0.476. The fourth-order valence-corrected chi connectivity index (χ4v) is 3.56. The van der Waals surface area contributed by atoms with Crippen LogP contribution in [0.15, 0.2) is 48.8 Å². The van der Waals surface area contributed by atoms with Crippen molar-refractivity contribution in [2.24, 2.45) is 0 Å². The number of aryl methyl sites for hydroxylation is 2. The molecule has 2 aromatic carbocycles. The third kappa shape index (κ3) is 3.76. The van der Waals surface area contributed by atoms with E-state index in [1.165, 1.54) is 12.3 Å². The molecule has 5 nitrogen and oxygen atoms in total. The highest BCUT2D eigenvalue weighted by Crippen LogP contribution is 2.39. The van der Waals surface area contributed by atoms with Crippen LogP contribution in [0, 0.1) is 17.5 Å². The van der Waals surface area contributed by atoms with E-state index in [2.05, 4.69) is 15.1 Å². The average molecular weight is 423 g/mol. The standard InChI is InChI=1S/C23H20F3N5/c1-3-13-5-7-15(16-11-14(24)6-8-18(16)25)21(26)20(13)22-17(12-31(4-2)30-22)19-9-10-28-23(27)29-19/h5-12H,3-4H2,1-2H3,(H2,27,28,29). The number of hydrogen-bond acceptors (Lipinski definition) is 4. The first kappa shape index (κ1) is 20.6. The lowest BCUT2D eigenvalue weighted by Gasteiger charge is -2.14. The molecular formula is C23H20F3N5. The summed E-state index contributed by atoms with van der Waals surface area (Å²) in [5.74, 6) is -1.95. The Hall–Kier alpha value is -3.68. The summed E-state index contributed by atoms with van der Waals surface area (Å²) in [5.41, 5.74) is 7.88. The van der Waals surface area contributed by atoms with E-state index < -0.39 is 17.5 Å². The lowest BCUT2D eigenvalue weighted by atomic mass is 9.93. The summed E-state index contributed by atoms with van der Waals surface area (Å²) in [5, 5.41) is 4.56. The van der Waals surface area contributed by atoms with Crippen molar-refractivity contribution in [3.63, 3.8) is 0 Å². The number of benzene rings is 2. The topological polar surface area (TPSA) is 69.6 Å². The first-order chi connectivity index (χ1) is 14.9. The van der Waals surface area contributed by atoms with Crippen LogP contribution in [0.4, 0.5) is 19.1 Å². The van der Waals surface area contributed by atoms with Crippen LogP contribution in [0.5, 0.6) is 0 Å². The summed E-state index contributed by atoms with van der Waals surface area (Å²) in [7, 11) is 0. The van der Waals surface area contributed by atoms with Crippen molar-refractivity contribution >= 4 is 5.95 Å². The van der Waals surface area contributed by atoms with Crippen LogP contribution in [0.25, 0.3) is 33.6 Å². The van der Waals surface area contributed by atoms with E-state index in [0.29, 0.717) is 35.5 Å². The van der Waals surface area contributed by atoms with Gasteiger partial charge in [0.15, 0.2) is 0 Å². The van der Waals surface area contributed by atoms with E-state index >= 15 is 4.39 Å². The molecule has 31 heavy (non-hydrogen) atoms. The van der Waals surface area contributed by atoms with Gasteiger partial charge in [-0.15, -0.1) is 0 Å². The van der Waals surface area contributed by atoms with Gasteiger partial charge in [0.1, 0.15) is 23.1 Å². The van der Waals surface area contributed by atoms with Gasteiger partial charge < -0.3 is 5.73 Å². The first-order valence-electron chi connectivity index (χ1n) is 9.86. The summed E-state index contributed by atoms with van der Waals surface area (Å²) >= 11 is 0. The summed E-state index contributed by atoms with van der Waals surface area (Å²) in [4.78, 5) is 8.16. The minimum atomic E-state index is -0.710. The van der Waals surface area contributed by atoms with Gasteiger partial charge in [0.05, 0.1) is 5.69 Å². The molecule has 158 valence electrons. The molecule has 0 saturated heterocycles. The molecule has 0 unspecified atom stereocenters. The highest BCUT2D eigenvalue weighted by Gasteiger charge is 2.24. The lowest BCUT2D eigenvalue weighted by molar-refractivity contribution is 0.598. The second kappa shape index (κ2) is 8.22. The Labute approximate surface area is 177 Å². The van der Waals surface area contributed by atoms with Crippen LogP contribution >= 0.6 is 0 Å². The largest absolute Gasteiger partial charge is 0.368 e. The summed E-state index contributed by atoms with van der Waals surface area (Å²) in [6.45, 7) is 4.35. The molecule has 0 bridgehead atoms. The first-order valence-corrected chi connectivity index (χ1v) is 9.86. The predicted molar refractivity (Wildman–Crippen MR) is 113 cm³/mol. The fourth-order valence-electron chi connectivity index (χ4n) is 3.56. The van der Waals surface area contributed by atoms with Gasteiger partial charge in [-0.2, -0.15) is 5.10 Å². The Kier molecular flexibility index (Phi) is 5.46. The minimum absolute atomic E-state index is 0.0385. The molecule has 8 heteroatoms. The van der Waals surface area contributed by atoms with E-state index in [0.717, 1.165) is 18.2 Å². The van der Waals surface area contributed by atoms with Crippen molar-refractivity contribution in [2.75, 3.05) is 5.73 Å². The van der Waals surface area contributed by atoms with Crippen molar-refractivity contribution in [3.05, 3.63) is 71.8 Å². The van der Waals surface area contributed by atoms with Crippen LogP contribution in [0.1, 0.15) is 19.4 Å². The zero-order valence-electron chi connectivity index (χ0n) is 17.0. The fraction of sp³-hybridized carbons (Fsp3) is 0.174.